The van der Waals surface area contributed by atoms with Gasteiger partial charge in [-0.2, -0.15) is 0 Å². The Morgan fingerprint density at radius 2 is 2.38 bits per heavy atom. The van der Waals surface area contributed by atoms with Crippen LogP contribution in [0.4, 0.5) is 0 Å². The van der Waals surface area contributed by atoms with Gasteiger partial charge in [0.05, 0.1) is 13.2 Å². The predicted octanol–water partition coefficient (Wildman–Crippen LogP) is 0.670. The van der Waals surface area contributed by atoms with Crippen molar-refractivity contribution in [2.45, 2.75) is 44.7 Å². The maximum atomic E-state index is 11.7. The summed E-state index contributed by atoms with van der Waals surface area (Å²) in [6.07, 6.45) is 4.37. The Kier molecular flexibility index (Phi) is 4.18. The summed E-state index contributed by atoms with van der Waals surface area (Å²) in [6.45, 7) is 4.37. The van der Waals surface area contributed by atoms with Crippen molar-refractivity contribution in [3.63, 3.8) is 0 Å². The van der Waals surface area contributed by atoms with E-state index in [0.717, 1.165) is 25.5 Å². The van der Waals surface area contributed by atoms with Crippen molar-refractivity contribution in [1.29, 1.82) is 0 Å². The second kappa shape index (κ2) is 5.64. The van der Waals surface area contributed by atoms with E-state index in [-0.39, 0.29) is 11.9 Å². The summed E-state index contributed by atoms with van der Waals surface area (Å²) < 4.78 is 5.32. The summed E-state index contributed by atoms with van der Waals surface area (Å²) in [5.74, 6) is 1.02. The first-order chi connectivity index (χ1) is 7.74. The van der Waals surface area contributed by atoms with E-state index in [0.29, 0.717) is 19.1 Å². The SMILES string of the molecule is CC(CC1CC1)NC(=O)CC1COCCN1. The van der Waals surface area contributed by atoms with Crippen molar-refractivity contribution < 1.29 is 9.53 Å². The Morgan fingerprint density at radius 3 is 3.00 bits per heavy atom. The standard InChI is InChI=1S/C12H22N2O2/c1-9(6-10-2-3-10)14-12(15)7-11-8-16-5-4-13-11/h9-11,13H,2-8H2,1H3,(H,14,15). The molecule has 2 unspecified atom stereocenters. The smallest absolute Gasteiger partial charge is 0.221 e. The molecule has 0 aromatic heterocycles. The average molecular weight is 226 g/mol. The first-order valence-electron chi connectivity index (χ1n) is 6.34. The number of rotatable bonds is 5. The third-order valence-electron chi connectivity index (χ3n) is 3.22. The van der Waals surface area contributed by atoms with Crippen LogP contribution in [0.2, 0.25) is 0 Å². The maximum absolute atomic E-state index is 11.7. The van der Waals surface area contributed by atoms with Gasteiger partial charge in [-0.05, 0) is 19.3 Å². The molecule has 0 aromatic carbocycles. The summed E-state index contributed by atoms with van der Waals surface area (Å²) >= 11 is 0. The lowest BCUT2D eigenvalue weighted by atomic mass is 10.1. The van der Waals surface area contributed by atoms with Crippen LogP contribution in [-0.2, 0) is 9.53 Å². The van der Waals surface area contributed by atoms with Gasteiger partial charge >= 0.3 is 0 Å². The molecule has 0 bridgehead atoms. The van der Waals surface area contributed by atoms with Crippen LogP contribution < -0.4 is 10.6 Å². The van der Waals surface area contributed by atoms with Crippen LogP contribution in [-0.4, -0.2) is 37.7 Å². The highest BCUT2D eigenvalue weighted by molar-refractivity contribution is 5.76. The van der Waals surface area contributed by atoms with E-state index in [1.165, 1.54) is 12.8 Å². The largest absolute Gasteiger partial charge is 0.378 e. The average Bonchev–Trinajstić information content (AvgIpc) is 3.02. The fourth-order valence-electron chi connectivity index (χ4n) is 2.22. The fourth-order valence-corrected chi connectivity index (χ4v) is 2.22. The van der Waals surface area contributed by atoms with Crippen LogP contribution >= 0.6 is 0 Å². The molecule has 2 atom stereocenters. The number of amides is 1. The molecule has 1 amide bonds. The third-order valence-corrected chi connectivity index (χ3v) is 3.22. The maximum Gasteiger partial charge on any atom is 0.221 e. The van der Waals surface area contributed by atoms with E-state index in [9.17, 15) is 4.79 Å². The number of ether oxygens (including phenoxy) is 1. The van der Waals surface area contributed by atoms with Crippen LogP contribution in [0.25, 0.3) is 0 Å². The molecule has 1 aliphatic heterocycles. The molecule has 1 aliphatic carbocycles. The second-order valence-corrected chi connectivity index (χ2v) is 5.08. The number of morpholine rings is 1. The van der Waals surface area contributed by atoms with Crippen molar-refractivity contribution in [1.82, 2.24) is 10.6 Å². The van der Waals surface area contributed by atoms with Crippen LogP contribution in [0, 0.1) is 5.92 Å². The van der Waals surface area contributed by atoms with Gasteiger partial charge in [-0.1, -0.05) is 12.8 Å². The number of nitrogens with one attached hydrogen (secondary N) is 2. The predicted molar refractivity (Wildman–Crippen MR) is 62.2 cm³/mol. The zero-order chi connectivity index (χ0) is 11.4. The summed E-state index contributed by atoms with van der Waals surface area (Å²) in [7, 11) is 0. The monoisotopic (exact) mass is 226 g/mol. The van der Waals surface area contributed by atoms with E-state index in [2.05, 4.69) is 17.6 Å². The normalized spacial score (nSPS) is 27.4. The highest BCUT2D eigenvalue weighted by Gasteiger charge is 2.24. The van der Waals surface area contributed by atoms with Gasteiger partial charge in [0.25, 0.3) is 0 Å². The van der Waals surface area contributed by atoms with Gasteiger partial charge in [-0.15, -0.1) is 0 Å². The molecule has 0 radical (unpaired) electrons. The number of carbonyl (C=O) groups is 1. The highest BCUT2D eigenvalue weighted by Crippen LogP contribution is 2.33. The molecular formula is C12H22N2O2. The minimum atomic E-state index is 0.149. The van der Waals surface area contributed by atoms with Crippen LogP contribution in [0.5, 0.6) is 0 Å². The molecule has 0 aromatic rings. The Balaban J connectivity index is 1.62. The summed E-state index contributed by atoms with van der Waals surface area (Å²) in [5.41, 5.74) is 0. The van der Waals surface area contributed by atoms with Crippen molar-refractivity contribution in [2.75, 3.05) is 19.8 Å². The van der Waals surface area contributed by atoms with Gasteiger partial charge in [-0.25, -0.2) is 0 Å². The first kappa shape index (κ1) is 11.9. The topological polar surface area (TPSA) is 50.4 Å². The Hall–Kier alpha value is -0.610. The summed E-state index contributed by atoms with van der Waals surface area (Å²) in [6, 6.07) is 0.520. The lowest BCUT2D eigenvalue weighted by molar-refractivity contribution is -0.122. The molecule has 4 heteroatoms. The molecular weight excluding hydrogens is 204 g/mol. The third kappa shape index (κ3) is 4.10. The number of carbonyl (C=O) groups excluding carboxylic acids is 1. The molecule has 2 N–H and O–H groups in total. The van der Waals surface area contributed by atoms with Gasteiger partial charge in [0.15, 0.2) is 0 Å². The van der Waals surface area contributed by atoms with Crippen LogP contribution in [0.15, 0.2) is 0 Å². The molecule has 4 nitrogen and oxygen atoms in total. The van der Waals surface area contributed by atoms with E-state index < -0.39 is 0 Å². The Morgan fingerprint density at radius 1 is 1.56 bits per heavy atom. The molecule has 92 valence electrons. The van der Waals surface area contributed by atoms with Gasteiger partial charge in [0.2, 0.25) is 5.91 Å². The second-order valence-electron chi connectivity index (χ2n) is 5.08. The lowest BCUT2D eigenvalue weighted by Gasteiger charge is -2.24. The summed E-state index contributed by atoms with van der Waals surface area (Å²) in [5, 5.41) is 6.35. The molecule has 1 saturated carbocycles. The van der Waals surface area contributed by atoms with Crippen molar-refractivity contribution in [3.05, 3.63) is 0 Å². The molecule has 1 heterocycles. The molecule has 1 saturated heterocycles. The fraction of sp³-hybridized carbons (Fsp3) is 0.917. The molecule has 16 heavy (non-hydrogen) atoms. The molecule has 2 aliphatic rings. The van der Waals surface area contributed by atoms with Crippen molar-refractivity contribution in [3.8, 4) is 0 Å². The van der Waals surface area contributed by atoms with Crippen LogP contribution in [0.3, 0.4) is 0 Å². The lowest BCUT2D eigenvalue weighted by Crippen LogP contribution is -2.45. The van der Waals surface area contributed by atoms with Gasteiger partial charge in [-0.3, -0.25) is 4.79 Å². The number of hydrogen-bond acceptors (Lipinski definition) is 3. The van der Waals surface area contributed by atoms with Crippen molar-refractivity contribution in [2.24, 2.45) is 5.92 Å². The minimum Gasteiger partial charge on any atom is -0.378 e. The van der Waals surface area contributed by atoms with Crippen LogP contribution in [0.1, 0.15) is 32.6 Å². The quantitative estimate of drug-likeness (QED) is 0.724. The van der Waals surface area contributed by atoms with E-state index >= 15 is 0 Å². The zero-order valence-corrected chi connectivity index (χ0v) is 10.00. The first-order valence-corrected chi connectivity index (χ1v) is 6.34. The Labute approximate surface area is 97.1 Å². The Bertz CT molecular complexity index is 235. The molecule has 0 spiro atoms. The van der Waals surface area contributed by atoms with E-state index in [1.807, 2.05) is 0 Å². The molecule has 2 rings (SSSR count). The van der Waals surface area contributed by atoms with Gasteiger partial charge in [0.1, 0.15) is 0 Å². The number of hydrogen-bond donors (Lipinski definition) is 2. The van der Waals surface area contributed by atoms with Gasteiger partial charge in [0, 0.05) is 25.0 Å². The van der Waals surface area contributed by atoms with Crippen molar-refractivity contribution >= 4 is 5.91 Å². The zero-order valence-electron chi connectivity index (χ0n) is 10.00. The minimum absolute atomic E-state index is 0.149. The van der Waals surface area contributed by atoms with E-state index in [4.69, 9.17) is 4.74 Å². The molecule has 2 fully saturated rings. The summed E-state index contributed by atoms with van der Waals surface area (Å²) in [4.78, 5) is 11.7. The highest BCUT2D eigenvalue weighted by atomic mass is 16.5. The van der Waals surface area contributed by atoms with E-state index in [1.54, 1.807) is 0 Å². The van der Waals surface area contributed by atoms with Gasteiger partial charge < -0.3 is 15.4 Å².